The van der Waals surface area contributed by atoms with Crippen molar-refractivity contribution < 1.29 is 21.0 Å². The molecular weight excluding hydrogens is 204 g/mol. The van der Waals surface area contributed by atoms with Crippen molar-refractivity contribution in [3.63, 3.8) is 0 Å². The van der Waals surface area contributed by atoms with Crippen molar-refractivity contribution in [3.05, 3.63) is 0 Å². The highest BCUT2D eigenvalue weighted by Crippen LogP contribution is 2.10. The van der Waals surface area contributed by atoms with E-state index in [1.165, 1.54) is 12.8 Å². The minimum atomic E-state index is -0.402. The first kappa shape index (κ1) is 15.4. The molecule has 4 nitrogen and oxygen atoms in total. The van der Waals surface area contributed by atoms with Gasteiger partial charge in [0.15, 0.2) is 6.04 Å². The molecule has 0 aliphatic carbocycles. The Bertz CT molecular complexity index is 200. The molecule has 0 rings (SSSR count). The van der Waals surface area contributed by atoms with Crippen LogP contribution in [-0.4, -0.2) is 24.2 Å². The van der Waals surface area contributed by atoms with E-state index in [2.05, 4.69) is 11.5 Å². The summed E-state index contributed by atoms with van der Waals surface area (Å²) in [4.78, 5) is 11.6. The molecule has 4 heteroatoms. The number of carbonyl (C=O) groups excluding carboxylic acids is 1. The second-order valence-electron chi connectivity index (χ2n) is 5.29. The van der Waals surface area contributed by atoms with Crippen LogP contribution < -0.4 is 11.5 Å². The molecule has 0 fully saturated rings. The van der Waals surface area contributed by atoms with Gasteiger partial charge >= 0.3 is 5.97 Å². The van der Waals surface area contributed by atoms with E-state index < -0.39 is 5.60 Å². The van der Waals surface area contributed by atoms with Crippen molar-refractivity contribution in [1.82, 2.24) is 0 Å². The molecule has 0 unspecified atom stereocenters. The summed E-state index contributed by atoms with van der Waals surface area (Å²) in [6.45, 7) is 6.64. The summed E-state index contributed by atoms with van der Waals surface area (Å²) in [5.74, 6) is -0.176. The number of rotatable bonds is 7. The van der Waals surface area contributed by atoms with E-state index in [-0.39, 0.29) is 12.0 Å². The van der Waals surface area contributed by atoms with Gasteiger partial charge in [-0.25, -0.2) is 4.79 Å². The molecule has 0 bridgehead atoms. The van der Waals surface area contributed by atoms with Gasteiger partial charge in [-0.05, 0) is 40.0 Å². The summed E-state index contributed by atoms with van der Waals surface area (Å²) >= 11 is 0. The summed E-state index contributed by atoms with van der Waals surface area (Å²) in [5, 5.41) is 0. The SMILES string of the molecule is CC(C)(C)OC(=O)[C@@H]([NH3+])CCCCCC[NH3+]. The van der Waals surface area contributed by atoms with Crippen LogP contribution in [0, 0.1) is 0 Å². The van der Waals surface area contributed by atoms with E-state index in [0.717, 1.165) is 25.8 Å². The van der Waals surface area contributed by atoms with Crippen LogP contribution in [0.4, 0.5) is 0 Å². The maximum absolute atomic E-state index is 11.6. The van der Waals surface area contributed by atoms with E-state index >= 15 is 0 Å². The lowest BCUT2D eigenvalue weighted by Gasteiger charge is -2.20. The third-order valence-electron chi connectivity index (χ3n) is 2.29. The summed E-state index contributed by atoms with van der Waals surface area (Å²) < 4.78 is 5.27. The number of unbranched alkanes of at least 4 members (excludes halogenated alkanes) is 3. The second kappa shape index (κ2) is 7.63. The summed E-state index contributed by atoms with van der Waals surface area (Å²) in [5.41, 5.74) is 7.25. The average Bonchev–Trinajstić information content (AvgIpc) is 2.14. The molecule has 0 spiro atoms. The lowest BCUT2D eigenvalue weighted by molar-refractivity contribution is -0.411. The lowest BCUT2D eigenvalue weighted by atomic mass is 10.1. The highest BCUT2D eigenvalue weighted by molar-refractivity contribution is 5.74. The first-order chi connectivity index (χ1) is 7.37. The van der Waals surface area contributed by atoms with Crippen LogP contribution in [-0.2, 0) is 9.53 Å². The van der Waals surface area contributed by atoms with Crippen molar-refractivity contribution in [2.75, 3.05) is 6.54 Å². The minimum absolute atomic E-state index is 0.176. The Morgan fingerprint density at radius 3 is 2.25 bits per heavy atom. The minimum Gasteiger partial charge on any atom is -0.456 e. The van der Waals surface area contributed by atoms with Crippen molar-refractivity contribution in [2.24, 2.45) is 0 Å². The third-order valence-corrected chi connectivity index (χ3v) is 2.29. The summed E-state index contributed by atoms with van der Waals surface area (Å²) in [6.07, 6.45) is 5.41. The Morgan fingerprint density at radius 1 is 1.19 bits per heavy atom. The average molecular weight is 232 g/mol. The van der Waals surface area contributed by atoms with E-state index in [1.807, 2.05) is 20.8 Å². The van der Waals surface area contributed by atoms with Crippen LogP contribution >= 0.6 is 0 Å². The maximum Gasteiger partial charge on any atom is 0.365 e. The highest BCUT2D eigenvalue weighted by atomic mass is 16.6. The molecule has 0 radical (unpaired) electrons. The molecule has 6 N–H and O–H groups in total. The van der Waals surface area contributed by atoms with E-state index in [9.17, 15) is 4.79 Å². The Kier molecular flexibility index (Phi) is 7.34. The van der Waals surface area contributed by atoms with Crippen LogP contribution in [0.1, 0.15) is 52.9 Å². The largest absolute Gasteiger partial charge is 0.456 e. The van der Waals surface area contributed by atoms with Gasteiger partial charge in [-0.3, -0.25) is 0 Å². The van der Waals surface area contributed by atoms with Crippen LogP contribution in [0.5, 0.6) is 0 Å². The maximum atomic E-state index is 11.6. The Balaban J connectivity index is 3.64. The van der Waals surface area contributed by atoms with Crippen molar-refractivity contribution in [1.29, 1.82) is 0 Å². The zero-order chi connectivity index (χ0) is 12.6. The molecule has 0 aliphatic rings. The molecule has 0 saturated carbocycles. The predicted molar refractivity (Wildman–Crippen MR) is 63.4 cm³/mol. The molecule has 0 aromatic heterocycles. The Hall–Kier alpha value is -0.610. The molecule has 16 heavy (non-hydrogen) atoms. The van der Waals surface area contributed by atoms with Crippen molar-refractivity contribution in [2.45, 2.75) is 64.5 Å². The highest BCUT2D eigenvalue weighted by Gasteiger charge is 2.24. The molecule has 0 saturated heterocycles. The predicted octanol–water partition coefficient (Wildman–Crippen LogP) is 0.131. The molecular formula is C12H28N2O2+2. The summed E-state index contributed by atoms with van der Waals surface area (Å²) in [7, 11) is 0. The van der Waals surface area contributed by atoms with E-state index in [4.69, 9.17) is 4.74 Å². The topological polar surface area (TPSA) is 81.6 Å². The lowest BCUT2D eigenvalue weighted by Crippen LogP contribution is -2.65. The molecule has 1 atom stereocenters. The number of carbonyl (C=O) groups is 1. The number of hydrogen-bond donors (Lipinski definition) is 2. The van der Waals surface area contributed by atoms with Gasteiger partial charge in [0.2, 0.25) is 0 Å². The molecule has 0 aliphatic heterocycles. The fourth-order valence-electron chi connectivity index (χ4n) is 1.42. The van der Waals surface area contributed by atoms with Crippen molar-refractivity contribution >= 4 is 5.97 Å². The molecule has 0 aromatic rings. The second-order valence-corrected chi connectivity index (χ2v) is 5.29. The number of quaternary nitrogens is 2. The van der Waals surface area contributed by atoms with E-state index in [1.54, 1.807) is 0 Å². The molecule has 96 valence electrons. The Labute approximate surface area is 98.7 Å². The first-order valence-electron chi connectivity index (χ1n) is 6.22. The molecule has 0 heterocycles. The normalized spacial score (nSPS) is 13.6. The van der Waals surface area contributed by atoms with Gasteiger partial charge in [0.1, 0.15) is 5.60 Å². The summed E-state index contributed by atoms with van der Waals surface area (Å²) in [6, 6.07) is -0.223. The molecule has 0 amide bonds. The van der Waals surface area contributed by atoms with Gasteiger partial charge in [0, 0.05) is 6.42 Å². The monoisotopic (exact) mass is 232 g/mol. The Morgan fingerprint density at radius 2 is 1.75 bits per heavy atom. The third kappa shape index (κ3) is 8.68. The van der Waals surface area contributed by atoms with Gasteiger partial charge in [-0.15, -0.1) is 0 Å². The zero-order valence-corrected chi connectivity index (χ0v) is 11.1. The van der Waals surface area contributed by atoms with Crippen LogP contribution in [0.3, 0.4) is 0 Å². The van der Waals surface area contributed by atoms with Crippen LogP contribution in [0.15, 0.2) is 0 Å². The number of ether oxygens (including phenoxy) is 1. The van der Waals surface area contributed by atoms with Gasteiger partial charge < -0.3 is 16.2 Å². The van der Waals surface area contributed by atoms with Gasteiger partial charge in [-0.2, -0.15) is 0 Å². The van der Waals surface area contributed by atoms with Crippen LogP contribution in [0.2, 0.25) is 0 Å². The fourth-order valence-corrected chi connectivity index (χ4v) is 1.42. The molecule has 0 aromatic carbocycles. The standard InChI is InChI=1S/C12H26N2O2/c1-12(2,3)16-11(15)10(14)8-6-4-5-7-9-13/h10H,4-9,13-14H2,1-3H3/p+2/t10-/m0/s1. The fraction of sp³-hybridized carbons (Fsp3) is 0.917. The number of esters is 1. The zero-order valence-electron chi connectivity index (χ0n) is 11.1. The quantitative estimate of drug-likeness (QED) is 0.483. The van der Waals surface area contributed by atoms with Gasteiger partial charge in [0.05, 0.1) is 6.54 Å². The number of hydrogen-bond acceptors (Lipinski definition) is 2. The smallest absolute Gasteiger partial charge is 0.365 e. The van der Waals surface area contributed by atoms with Crippen LogP contribution in [0.25, 0.3) is 0 Å². The van der Waals surface area contributed by atoms with Gasteiger partial charge in [0.25, 0.3) is 0 Å². The van der Waals surface area contributed by atoms with E-state index in [0.29, 0.717) is 0 Å². The van der Waals surface area contributed by atoms with Gasteiger partial charge in [-0.1, -0.05) is 6.42 Å². The van der Waals surface area contributed by atoms with Crippen molar-refractivity contribution in [3.8, 4) is 0 Å². The first-order valence-corrected chi connectivity index (χ1v) is 6.22.